The Bertz CT molecular complexity index is 785. The van der Waals surface area contributed by atoms with E-state index in [9.17, 15) is 14.0 Å². The van der Waals surface area contributed by atoms with Gasteiger partial charge in [-0.25, -0.2) is 9.18 Å². The van der Waals surface area contributed by atoms with Crippen LogP contribution >= 0.6 is 11.6 Å². The van der Waals surface area contributed by atoms with Gasteiger partial charge in [-0.15, -0.1) is 0 Å². The summed E-state index contributed by atoms with van der Waals surface area (Å²) in [5, 5.41) is 2.75. The first-order valence-electron chi connectivity index (χ1n) is 7.81. The third kappa shape index (κ3) is 5.89. The molecule has 0 saturated carbocycles. The first-order valence-corrected chi connectivity index (χ1v) is 8.19. The van der Waals surface area contributed by atoms with Crippen molar-refractivity contribution in [1.82, 2.24) is 0 Å². The minimum atomic E-state index is -0.786. The second-order valence-electron chi connectivity index (χ2n) is 5.08. The molecule has 0 aromatic heterocycles. The molecule has 0 aliphatic rings. The van der Waals surface area contributed by atoms with E-state index in [0.717, 1.165) is 6.08 Å². The van der Waals surface area contributed by atoms with Crippen LogP contribution in [0, 0.1) is 5.82 Å². The fraction of sp³-hybridized carbons (Fsp3) is 0.158. The molecule has 5 nitrogen and oxygen atoms in total. The van der Waals surface area contributed by atoms with Gasteiger partial charge >= 0.3 is 5.97 Å². The smallest absolute Gasteiger partial charge is 0.331 e. The highest BCUT2D eigenvalue weighted by molar-refractivity contribution is 6.32. The Kier molecular flexibility index (Phi) is 7.17. The highest BCUT2D eigenvalue weighted by atomic mass is 35.5. The number of carbonyl (C=O) groups excluding carboxylic acids is 2. The molecule has 7 heteroatoms. The highest BCUT2D eigenvalue weighted by Gasteiger charge is 2.07. The van der Waals surface area contributed by atoms with Gasteiger partial charge in [0.25, 0.3) is 5.91 Å². The van der Waals surface area contributed by atoms with Crippen LogP contribution in [0.5, 0.6) is 5.75 Å². The van der Waals surface area contributed by atoms with Gasteiger partial charge in [-0.3, -0.25) is 4.79 Å². The molecule has 2 aromatic rings. The van der Waals surface area contributed by atoms with Crippen LogP contribution in [0.25, 0.3) is 6.08 Å². The van der Waals surface area contributed by atoms with E-state index in [1.807, 2.05) is 6.92 Å². The Morgan fingerprint density at radius 2 is 1.92 bits per heavy atom. The predicted molar refractivity (Wildman–Crippen MR) is 97.6 cm³/mol. The maximum atomic E-state index is 13.6. The number of esters is 1. The maximum Gasteiger partial charge on any atom is 0.331 e. The van der Waals surface area contributed by atoms with Gasteiger partial charge < -0.3 is 14.8 Å². The predicted octanol–water partition coefficient (Wildman–Crippen LogP) is 4.07. The minimum Gasteiger partial charge on any atom is -0.494 e. The molecule has 0 aliphatic carbocycles. The lowest BCUT2D eigenvalue weighted by atomic mass is 10.2. The number of amides is 1. The molecule has 136 valence electrons. The third-order valence-corrected chi connectivity index (χ3v) is 3.51. The van der Waals surface area contributed by atoms with Gasteiger partial charge in [0, 0.05) is 17.3 Å². The molecule has 1 amide bonds. The van der Waals surface area contributed by atoms with Gasteiger partial charge in [-0.1, -0.05) is 17.7 Å². The number of ether oxygens (including phenoxy) is 2. The number of nitrogens with one attached hydrogen (secondary N) is 1. The molecule has 0 radical (unpaired) electrons. The minimum absolute atomic E-state index is 0.0740. The van der Waals surface area contributed by atoms with E-state index in [-0.39, 0.29) is 10.6 Å². The summed E-state index contributed by atoms with van der Waals surface area (Å²) in [6.45, 7) is 1.95. The summed E-state index contributed by atoms with van der Waals surface area (Å²) in [7, 11) is 0. The number of benzene rings is 2. The standard InChI is InChI=1S/C19H17ClFNO4/c1-2-25-14-8-6-13(7-9-14)22-18(23)12-26-19(24)11-10-15-16(20)4-3-5-17(15)21/h3-11H,2,12H2,1H3,(H,22,23). The molecule has 0 spiro atoms. The van der Waals surface area contributed by atoms with Crippen molar-refractivity contribution in [3.05, 3.63) is 64.9 Å². The summed E-state index contributed by atoms with van der Waals surface area (Å²) < 4.78 is 23.7. The van der Waals surface area contributed by atoms with Gasteiger partial charge in [0.05, 0.1) is 11.6 Å². The molecule has 0 atom stereocenters. The zero-order valence-corrected chi connectivity index (χ0v) is 14.8. The number of hydrogen-bond donors (Lipinski definition) is 1. The Balaban J connectivity index is 1.83. The van der Waals surface area contributed by atoms with E-state index in [2.05, 4.69) is 5.32 Å². The van der Waals surface area contributed by atoms with E-state index in [1.54, 1.807) is 24.3 Å². The van der Waals surface area contributed by atoms with Gasteiger partial charge in [0.15, 0.2) is 6.61 Å². The van der Waals surface area contributed by atoms with E-state index in [0.29, 0.717) is 18.0 Å². The van der Waals surface area contributed by atoms with Crippen LogP contribution in [-0.2, 0) is 14.3 Å². The van der Waals surface area contributed by atoms with Gasteiger partial charge in [0.1, 0.15) is 11.6 Å². The molecule has 2 rings (SSSR count). The SMILES string of the molecule is CCOc1ccc(NC(=O)COC(=O)C=Cc2c(F)cccc2Cl)cc1. The fourth-order valence-corrected chi connectivity index (χ4v) is 2.23. The average molecular weight is 378 g/mol. The number of hydrogen-bond acceptors (Lipinski definition) is 4. The largest absolute Gasteiger partial charge is 0.494 e. The molecule has 0 heterocycles. The highest BCUT2D eigenvalue weighted by Crippen LogP contribution is 2.20. The molecule has 1 N–H and O–H groups in total. The zero-order chi connectivity index (χ0) is 18.9. The lowest BCUT2D eigenvalue weighted by molar-refractivity contribution is -0.142. The summed E-state index contributed by atoms with van der Waals surface area (Å²) >= 11 is 5.85. The van der Waals surface area contributed by atoms with Crippen molar-refractivity contribution in [2.45, 2.75) is 6.92 Å². The molecule has 0 aliphatic heterocycles. The van der Waals surface area contributed by atoms with Crippen molar-refractivity contribution in [3.8, 4) is 5.75 Å². The topological polar surface area (TPSA) is 64.6 Å². The molecule has 0 saturated heterocycles. The molecular formula is C19H17ClFNO4. The Labute approximate surface area is 155 Å². The monoisotopic (exact) mass is 377 g/mol. The molecule has 2 aromatic carbocycles. The number of halogens is 2. The van der Waals surface area contributed by atoms with Crippen molar-refractivity contribution < 1.29 is 23.5 Å². The van der Waals surface area contributed by atoms with Gasteiger partial charge in [-0.05, 0) is 49.4 Å². The van der Waals surface area contributed by atoms with Crippen LogP contribution in [0.3, 0.4) is 0 Å². The number of rotatable bonds is 7. The van der Waals surface area contributed by atoms with Crippen LogP contribution in [-0.4, -0.2) is 25.1 Å². The van der Waals surface area contributed by atoms with Crippen LogP contribution in [0.1, 0.15) is 12.5 Å². The summed E-state index contributed by atoms with van der Waals surface area (Å²) in [4.78, 5) is 23.4. The van der Waals surface area contributed by atoms with Gasteiger partial charge in [-0.2, -0.15) is 0 Å². The first-order chi connectivity index (χ1) is 12.5. The van der Waals surface area contributed by atoms with Crippen LogP contribution in [0.2, 0.25) is 5.02 Å². The summed E-state index contributed by atoms with van der Waals surface area (Å²) in [6.07, 6.45) is 2.21. The van der Waals surface area contributed by atoms with Crippen molar-refractivity contribution >= 4 is 35.2 Å². The summed E-state index contributed by atoms with van der Waals surface area (Å²) in [5.74, 6) is -1.16. The number of carbonyl (C=O) groups is 2. The van der Waals surface area contributed by atoms with Crippen LogP contribution in [0.15, 0.2) is 48.5 Å². The molecule has 26 heavy (non-hydrogen) atoms. The van der Waals surface area contributed by atoms with E-state index in [4.69, 9.17) is 21.1 Å². The van der Waals surface area contributed by atoms with Crippen LogP contribution < -0.4 is 10.1 Å². The Hall–Kier alpha value is -2.86. The van der Waals surface area contributed by atoms with E-state index < -0.39 is 24.3 Å². The zero-order valence-electron chi connectivity index (χ0n) is 14.0. The second-order valence-corrected chi connectivity index (χ2v) is 5.49. The third-order valence-electron chi connectivity index (χ3n) is 3.18. The normalized spacial score (nSPS) is 10.6. The second kappa shape index (κ2) is 9.58. The van der Waals surface area contributed by atoms with Crippen molar-refractivity contribution in [1.29, 1.82) is 0 Å². The van der Waals surface area contributed by atoms with Crippen molar-refractivity contribution in [2.24, 2.45) is 0 Å². The van der Waals surface area contributed by atoms with E-state index in [1.165, 1.54) is 24.3 Å². The van der Waals surface area contributed by atoms with E-state index >= 15 is 0 Å². The van der Waals surface area contributed by atoms with Gasteiger partial charge in [0.2, 0.25) is 0 Å². The summed E-state index contributed by atoms with van der Waals surface area (Å²) in [6, 6.07) is 11.0. The first kappa shape index (κ1) is 19.5. The lowest BCUT2D eigenvalue weighted by Crippen LogP contribution is -2.20. The quantitative estimate of drug-likeness (QED) is 0.583. The van der Waals surface area contributed by atoms with Crippen LogP contribution in [0.4, 0.5) is 10.1 Å². The maximum absolute atomic E-state index is 13.6. The molecule has 0 fully saturated rings. The fourth-order valence-electron chi connectivity index (χ4n) is 2.00. The molecular weight excluding hydrogens is 361 g/mol. The Morgan fingerprint density at radius 1 is 1.19 bits per heavy atom. The summed E-state index contributed by atoms with van der Waals surface area (Å²) in [5.41, 5.74) is 0.619. The lowest BCUT2D eigenvalue weighted by Gasteiger charge is -2.07. The molecule has 0 unspecified atom stereocenters. The molecule has 0 bridgehead atoms. The van der Waals surface area contributed by atoms with Crippen molar-refractivity contribution in [2.75, 3.05) is 18.5 Å². The number of anilines is 1. The van der Waals surface area contributed by atoms with Crippen molar-refractivity contribution in [3.63, 3.8) is 0 Å². The Morgan fingerprint density at radius 3 is 2.58 bits per heavy atom. The average Bonchev–Trinajstić information content (AvgIpc) is 2.61.